The van der Waals surface area contributed by atoms with E-state index in [2.05, 4.69) is 37.8 Å². The minimum absolute atomic E-state index is 0.0883. The van der Waals surface area contributed by atoms with Crippen LogP contribution in [-0.4, -0.2) is 38.0 Å². The summed E-state index contributed by atoms with van der Waals surface area (Å²) in [5.74, 6) is 0.0883. The molecule has 0 atom stereocenters. The van der Waals surface area contributed by atoms with Crippen molar-refractivity contribution >= 4 is 11.6 Å². The van der Waals surface area contributed by atoms with Gasteiger partial charge in [0.05, 0.1) is 0 Å². The number of anilines is 1. The molecule has 0 aliphatic carbocycles. The molecular formula is C16H26N2O. The van der Waals surface area contributed by atoms with E-state index in [1.165, 1.54) is 5.56 Å². The first-order valence-corrected chi connectivity index (χ1v) is 6.75. The van der Waals surface area contributed by atoms with Crippen molar-refractivity contribution in [3.63, 3.8) is 0 Å². The topological polar surface area (TPSA) is 23.6 Å². The van der Waals surface area contributed by atoms with E-state index in [4.69, 9.17) is 0 Å². The van der Waals surface area contributed by atoms with Crippen LogP contribution in [0.3, 0.4) is 0 Å². The first-order chi connectivity index (χ1) is 8.71. The lowest BCUT2D eigenvalue weighted by molar-refractivity contribution is -0.116. The molecule has 1 amide bonds. The summed E-state index contributed by atoms with van der Waals surface area (Å²) in [5, 5.41) is 0. The lowest BCUT2D eigenvalue weighted by Gasteiger charge is -2.25. The third-order valence-electron chi connectivity index (χ3n) is 3.20. The van der Waals surface area contributed by atoms with E-state index in [-0.39, 0.29) is 11.3 Å². The summed E-state index contributed by atoms with van der Waals surface area (Å²) in [6.07, 6.45) is 0. The number of likely N-dealkylation sites (N-methyl/N-ethyl adjacent to an activating group) is 1. The maximum absolute atomic E-state index is 11.7. The summed E-state index contributed by atoms with van der Waals surface area (Å²) in [5.41, 5.74) is 2.40. The minimum Gasteiger partial charge on any atom is -0.311 e. The third-order valence-corrected chi connectivity index (χ3v) is 3.20. The molecular weight excluding hydrogens is 236 g/mol. The summed E-state index contributed by atoms with van der Waals surface area (Å²) in [7, 11) is 4.03. The molecule has 1 aromatic rings. The van der Waals surface area contributed by atoms with Crippen LogP contribution in [0, 0.1) is 0 Å². The van der Waals surface area contributed by atoms with Crippen LogP contribution in [0.15, 0.2) is 24.3 Å². The highest BCUT2D eigenvalue weighted by molar-refractivity contribution is 5.91. The fraction of sp³-hybridized carbons (Fsp3) is 0.562. The molecule has 0 bridgehead atoms. The largest absolute Gasteiger partial charge is 0.311 e. The summed E-state index contributed by atoms with van der Waals surface area (Å²) < 4.78 is 0. The maximum Gasteiger partial charge on any atom is 0.223 e. The minimum atomic E-state index is 0.0883. The first kappa shape index (κ1) is 15.7. The van der Waals surface area contributed by atoms with Crippen molar-refractivity contribution in [3.8, 4) is 0 Å². The molecule has 0 unspecified atom stereocenters. The van der Waals surface area contributed by atoms with E-state index in [1.54, 1.807) is 6.92 Å². The van der Waals surface area contributed by atoms with E-state index in [1.807, 2.05) is 31.1 Å². The van der Waals surface area contributed by atoms with E-state index in [0.29, 0.717) is 0 Å². The molecule has 0 saturated heterocycles. The Bertz CT molecular complexity index is 415. The van der Waals surface area contributed by atoms with E-state index in [9.17, 15) is 4.79 Å². The molecule has 1 rings (SSSR count). The lowest BCUT2D eigenvalue weighted by atomic mass is 9.87. The van der Waals surface area contributed by atoms with Gasteiger partial charge in [0.2, 0.25) is 5.91 Å². The Hall–Kier alpha value is -1.35. The van der Waals surface area contributed by atoms with Gasteiger partial charge in [-0.2, -0.15) is 0 Å². The van der Waals surface area contributed by atoms with Crippen molar-refractivity contribution < 1.29 is 4.79 Å². The van der Waals surface area contributed by atoms with Gasteiger partial charge < -0.3 is 9.80 Å². The van der Waals surface area contributed by atoms with Crippen molar-refractivity contribution in [1.29, 1.82) is 0 Å². The van der Waals surface area contributed by atoms with Crippen molar-refractivity contribution in [2.75, 3.05) is 32.1 Å². The van der Waals surface area contributed by atoms with Gasteiger partial charge in [0.25, 0.3) is 0 Å². The fourth-order valence-corrected chi connectivity index (χ4v) is 1.91. The quantitative estimate of drug-likeness (QED) is 0.833. The van der Waals surface area contributed by atoms with Gasteiger partial charge in [-0.05, 0) is 37.2 Å². The van der Waals surface area contributed by atoms with E-state index in [0.717, 1.165) is 18.8 Å². The molecule has 0 aromatic heterocycles. The standard InChI is InChI=1S/C16H26N2O/c1-13(19)18(12-11-17(5)6)15-9-7-14(8-10-15)16(2,3)4/h7-10H,11-12H2,1-6H3. The predicted octanol–water partition coefficient (Wildman–Crippen LogP) is 2.90. The highest BCUT2D eigenvalue weighted by atomic mass is 16.2. The molecule has 0 aliphatic heterocycles. The predicted molar refractivity (Wildman–Crippen MR) is 81.7 cm³/mol. The molecule has 0 saturated carbocycles. The Balaban J connectivity index is 2.89. The average Bonchev–Trinajstić information content (AvgIpc) is 2.27. The van der Waals surface area contributed by atoms with Crippen LogP contribution in [-0.2, 0) is 10.2 Å². The maximum atomic E-state index is 11.7. The molecule has 0 spiro atoms. The molecule has 3 nitrogen and oxygen atoms in total. The third kappa shape index (κ3) is 4.67. The monoisotopic (exact) mass is 262 g/mol. The second-order valence-electron chi connectivity index (χ2n) is 6.27. The fourth-order valence-electron chi connectivity index (χ4n) is 1.91. The molecule has 0 fully saturated rings. The van der Waals surface area contributed by atoms with Gasteiger partial charge >= 0.3 is 0 Å². The van der Waals surface area contributed by atoms with Crippen molar-refractivity contribution in [2.45, 2.75) is 33.1 Å². The molecule has 0 N–H and O–H groups in total. The van der Waals surface area contributed by atoms with E-state index < -0.39 is 0 Å². The van der Waals surface area contributed by atoms with E-state index >= 15 is 0 Å². The average molecular weight is 262 g/mol. The SMILES string of the molecule is CC(=O)N(CCN(C)C)c1ccc(C(C)(C)C)cc1. The Kier molecular flexibility index (Phi) is 5.12. The number of hydrogen-bond donors (Lipinski definition) is 0. The Morgan fingerprint density at radius 1 is 1.05 bits per heavy atom. The van der Waals surface area contributed by atoms with Crippen molar-refractivity contribution in [2.24, 2.45) is 0 Å². The van der Waals surface area contributed by atoms with Gasteiger partial charge in [-0.25, -0.2) is 0 Å². The lowest BCUT2D eigenvalue weighted by Crippen LogP contribution is -2.35. The molecule has 19 heavy (non-hydrogen) atoms. The number of amides is 1. The zero-order valence-electron chi connectivity index (χ0n) is 13.0. The van der Waals surface area contributed by atoms with Crippen LogP contribution in [0.25, 0.3) is 0 Å². The van der Waals surface area contributed by atoms with Crippen molar-refractivity contribution in [1.82, 2.24) is 4.90 Å². The zero-order chi connectivity index (χ0) is 14.6. The smallest absolute Gasteiger partial charge is 0.223 e. The van der Waals surface area contributed by atoms with Crippen LogP contribution >= 0.6 is 0 Å². The molecule has 0 radical (unpaired) electrons. The zero-order valence-corrected chi connectivity index (χ0v) is 13.0. The van der Waals surface area contributed by atoms with Crippen LogP contribution in [0.5, 0.6) is 0 Å². The van der Waals surface area contributed by atoms with Crippen LogP contribution in [0.2, 0.25) is 0 Å². The summed E-state index contributed by atoms with van der Waals surface area (Å²) in [6, 6.07) is 8.30. The number of nitrogens with zero attached hydrogens (tertiary/aromatic N) is 2. The number of carbonyl (C=O) groups is 1. The van der Waals surface area contributed by atoms with Gasteiger partial charge in [0.15, 0.2) is 0 Å². The number of rotatable bonds is 4. The highest BCUT2D eigenvalue weighted by Gasteiger charge is 2.15. The number of carbonyl (C=O) groups excluding carboxylic acids is 1. The van der Waals surface area contributed by atoms with Crippen LogP contribution in [0.1, 0.15) is 33.3 Å². The number of benzene rings is 1. The molecule has 1 aromatic carbocycles. The highest BCUT2D eigenvalue weighted by Crippen LogP contribution is 2.24. The second-order valence-corrected chi connectivity index (χ2v) is 6.27. The Morgan fingerprint density at radius 2 is 1.58 bits per heavy atom. The summed E-state index contributed by atoms with van der Waals surface area (Å²) in [6.45, 7) is 9.77. The Labute approximate surface area is 117 Å². The normalized spacial score (nSPS) is 11.7. The molecule has 3 heteroatoms. The second kappa shape index (κ2) is 6.20. The van der Waals surface area contributed by atoms with Crippen molar-refractivity contribution in [3.05, 3.63) is 29.8 Å². The Morgan fingerprint density at radius 3 is 1.95 bits per heavy atom. The van der Waals surface area contributed by atoms with Gasteiger partial charge in [0.1, 0.15) is 0 Å². The molecule has 106 valence electrons. The van der Waals surface area contributed by atoms with Gasteiger partial charge in [-0.3, -0.25) is 4.79 Å². The molecule has 0 heterocycles. The van der Waals surface area contributed by atoms with Gasteiger partial charge in [-0.1, -0.05) is 32.9 Å². The molecule has 0 aliphatic rings. The van der Waals surface area contributed by atoms with Crippen LogP contribution in [0.4, 0.5) is 5.69 Å². The number of hydrogen-bond acceptors (Lipinski definition) is 2. The van der Waals surface area contributed by atoms with Gasteiger partial charge in [0, 0.05) is 25.7 Å². The summed E-state index contributed by atoms with van der Waals surface area (Å²) >= 11 is 0. The summed E-state index contributed by atoms with van der Waals surface area (Å²) in [4.78, 5) is 15.7. The van der Waals surface area contributed by atoms with Crippen LogP contribution < -0.4 is 4.90 Å². The first-order valence-electron chi connectivity index (χ1n) is 6.75. The van der Waals surface area contributed by atoms with Gasteiger partial charge in [-0.15, -0.1) is 0 Å².